The van der Waals surface area contributed by atoms with E-state index in [2.05, 4.69) is 9.79 Å². The van der Waals surface area contributed by atoms with Crippen LogP contribution >= 0.6 is 0 Å². The molecule has 2 rings (SSSR count). The van der Waals surface area contributed by atoms with Gasteiger partial charge in [0.15, 0.2) is 0 Å². The Hall–Kier alpha value is -2.04. The molecule has 16 heavy (non-hydrogen) atoms. The Labute approximate surface area is 92.2 Å². The van der Waals surface area contributed by atoms with E-state index in [0.717, 1.165) is 5.75 Å². The fourth-order valence-corrected chi connectivity index (χ4v) is 1.33. The number of H-pyrrole nitrogens is 1. The maximum atomic E-state index is 11.0. The van der Waals surface area contributed by atoms with E-state index in [1.807, 2.05) is 30.3 Å². The molecule has 0 aliphatic heterocycles. The summed E-state index contributed by atoms with van der Waals surface area (Å²) in [6.07, 6.45) is 0. The molecule has 2 aromatic rings. The van der Waals surface area contributed by atoms with Gasteiger partial charge in [-0.2, -0.15) is 0 Å². The van der Waals surface area contributed by atoms with Crippen molar-refractivity contribution in [2.75, 3.05) is 6.61 Å². The maximum Gasteiger partial charge on any atom is 0.429 e. The number of aromatic nitrogens is 2. The average molecular weight is 221 g/mol. The van der Waals surface area contributed by atoms with E-state index < -0.39 is 0 Å². The van der Waals surface area contributed by atoms with Gasteiger partial charge in [0.2, 0.25) is 6.54 Å². The standard InChI is InChI=1S/C11H12N2O3/c1-9-11(14)16-12-13(9)7-8-15-10-5-3-2-4-6-10/h2-6H,7-8H2,1H3/p+1. The summed E-state index contributed by atoms with van der Waals surface area (Å²) in [6.45, 7) is 2.72. The second-order valence-electron chi connectivity index (χ2n) is 3.38. The number of aromatic amines is 1. The van der Waals surface area contributed by atoms with Crippen LogP contribution in [0.25, 0.3) is 0 Å². The van der Waals surface area contributed by atoms with Crippen LogP contribution in [0, 0.1) is 6.92 Å². The highest BCUT2D eigenvalue weighted by Crippen LogP contribution is 2.07. The van der Waals surface area contributed by atoms with E-state index in [0.29, 0.717) is 18.8 Å². The van der Waals surface area contributed by atoms with Gasteiger partial charge in [0.1, 0.15) is 12.4 Å². The quantitative estimate of drug-likeness (QED) is 0.771. The summed E-state index contributed by atoms with van der Waals surface area (Å²) < 4.78 is 11.7. The predicted octanol–water partition coefficient (Wildman–Crippen LogP) is 0.643. The molecule has 0 spiro atoms. The molecule has 1 aromatic heterocycles. The first-order chi connectivity index (χ1) is 7.77. The summed E-state index contributed by atoms with van der Waals surface area (Å²) in [7, 11) is 0. The Balaban J connectivity index is 1.89. The summed E-state index contributed by atoms with van der Waals surface area (Å²) in [5.74, 6) is 0.812. The zero-order chi connectivity index (χ0) is 11.4. The lowest BCUT2D eigenvalue weighted by Gasteiger charge is -2.01. The normalized spacial score (nSPS) is 10.3. The molecule has 0 radical (unpaired) electrons. The minimum atomic E-state index is -0.347. The third-order valence-electron chi connectivity index (χ3n) is 2.28. The van der Waals surface area contributed by atoms with Crippen molar-refractivity contribution in [3.63, 3.8) is 0 Å². The number of hydrogen-bond acceptors (Lipinski definition) is 3. The minimum absolute atomic E-state index is 0.347. The molecule has 0 unspecified atom stereocenters. The van der Waals surface area contributed by atoms with E-state index >= 15 is 0 Å². The van der Waals surface area contributed by atoms with Crippen molar-refractivity contribution in [3.05, 3.63) is 46.4 Å². The van der Waals surface area contributed by atoms with Crippen molar-refractivity contribution in [1.29, 1.82) is 0 Å². The molecule has 1 heterocycles. The number of benzene rings is 1. The molecule has 1 N–H and O–H groups in total. The maximum absolute atomic E-state index is 11.0. The first kappa shape index (κ1) is 10.5. The van der Waals surface area contributed by atoms with Crippen molar-refractivity contribution >= 4 is 0 Å². The van der Waals surface area contributed by atoms with Crippen molar-refractivity contribution in [2.24, 2.45) is 0 Å². The number of para-hydroxylation sites is 1. The number of rotatable bonds is 4. The Morgan fingerprint density at radius 3 is 2.75 bits per heavy atom. The van der Waals surface area contributed by atoms with E-state index in [-0.39, 0.29) is 5.63 Å². The minimum Gasteiger partial charge on any atom is -0.487 e. The molecule has 5 heteroatoms. The predicted molar refractivity (Wildman–Crippen MR) is 56.2 cm³/mol. The van der Waals surface area contributed by atoms with Gasteiger partial charge in [-0.15, -0.1) is 0 Å². The van der Waals surface area contributed by atoms with Crippen LogP contribution in [0.4, 0.5) is 0 Å². The second-order valence-corrected chi connectivity index (χ2v) is 3.38. The van der Waals surface area contributed by atoms with Crippen molar-refractivity contribution < 1.29 is 13.9 Å². The molecule has 0 saturated heterocycles. The molecule has 0 atom stereocenters. The third kappa shape index (κ3) is 2.31. The van der Waals surface area contributed by atoms with Crippen molar-refractivity contribution in [1.82, 2.24) is 5.27 Å². The van der Waals surface area contributed by atoms with E-state index in [9.17, 15) is 4.79 Å². The molecule has 0 fully saturated rings. The van der Waals surface area contributed by atoms with Crippen LogP contribution in [0.5, 0.6) is 5.75 Å². The molecular formula is C11H13N2O3+. The first-order valence-corrected chi connectivity index (χ1v) is 5.03. The number of ether oxygens (including phenoxy) is 1. The highest BCUT2D eigenvalue weighted by Gasteiger charge is 2.14. The first-order valence-electron chi connectivity index (χ1n) is 5.03. The van der Waals surface area contributed by atoms with Crippen LogP contribution in [-0.4, -0.2) is 11.9 Å². The van der Waals surface area contributed by atoms with E-state index in [1.54, 1.807) is 11.6 Å². The summed E-state index contributed by atoms with van der Waals surface area (Å²) >= 11 is 0. The molecule has 5 nitrogen and oxygen atoms in total. The topological polar surface area (TPSA) is 59.1 Å². The molecule has 0 saturated carbocycles. The third-order valence-corrected chi connectivity index (χ3v) is 2.28. The van der Waals surface area contributed by atoms with Crippen LogP contribution in [0.15, 0.2) is 39.6 Å². The fraction of sp³-hybridized carbons (Fsp3) is 0.273. The van der Waals surface area contributed by atoms with Gasteiger partial charge < -0.3 is 4.74 Å². The summed E-state index contributed by atoms with van der Waals surface area (Å²) in [4.78, 5) is 11.0. The molecule has 84 valence electrons. The lowest BCUT2D eigenvalue weighted by atomic mass is 10.3. The monoisotopic (exact) mass is 221 g/mol. The van der Waals surface area contributed by atoms with Gasteiger partial charge in [-0.1, -0.05) is 22.9 Å². The summed E-state index contributed by atoms with van der Waals surface area (Å²) in [5.41, 5.74) is 0.191. The molecule has 0 aliphatic carbocycles. The smallest absolute Gasteiger partial charge is 0.429 e. The number of nitrogens with zero attached hydrogens (tertiary/aromatic N) is 1. The lowest BCUT2D eigenvalue weighted by Crippen LogP contribution is -2.42. The Morgan fingerprint density at radius 2 is 2.12 bits per heavy atom. The zero-order valence-electron chi connectivity index (χ0n) is 8.97. The molecule has 0 aliphatic rings. The van der Waals surface area contributed by atoms with Crippen LogP contribution in [0.3, 0.4) is 0 Å². The Kier molecular flexibility index (Phi) is 3.05. The van der Waals surface area contributed by atoms with Crippen molar-refractivity contribution in [3.8, 4) is 5.75 Å². The van der Waals surface area contributed by atoms with Gasteiger partial charge in [0.05, 0.1) is 0 Å². The Morgan fingerprint density at radius 1 is 1.38 bits per heavy atom. The van der Waals surface area contributed by atoms with Crippen LogP contribution in [0.2, 0.25) is 0 Å². The zero-order valence-corrected chi connectivity index (χ0v) is 8.97. The van der Waals surface area contributed by atoms with E-state index in [4.69, 9.17) is 4.74 Å². The molecular weight excluding hydrogens is 208 g/mol. The fourth-order valence-electron chi connectivity index (χ4n) is 1.33. The highest BCUT2D eigenvalue weighted by atomic mass is 16.5. The SMILES string of the molecule is Cc1c(=O)o[nH][n+]1CCOc1ccccc1. The van der Waals surface area contributed by atoms with Gasteiger partial charge in [0.25, 0.3) is 5.69 Å². The summed E-state index contributed by atoms with van der Waals surface area (Å²) in [6, 6.07) is 9.52. The van der Waals surface area contributed by atoms with Gasteiger partial charge in [-0.25, -0.2) is 4.79 Å². The van der Waals surface area contributed by atoms with Gasteiger partial charge >= 0.3 is 5.63 Å². The Bertz CT molecular complexity index is 501. The summed E-state index contributed by atoms with van der Waals surface area (Å²) in [5, 5.41) is 2.51. The second kappa shape index (κ2) is 4.65. The highest BCUT2D eigenvalue weighted by molar-refractivity contribution is 5.20. The number of hydrogen-bond donors (Lipinski definition) is 1. The van der Waals surface area contributed by atoms with Crippen molar-refractivity contribution in [2.45, 2.75) is 13.5 Å². The van der Waals surface area contributed by atoms with Gasteiger partial charge in [-0.05, 0) is 17.4 Å². The van der Waals surface area contributed by atoms with Crippen LogP contribution in [-0.2, 0) is 6.54 Å². The van der Waals surface area contributed by atoms with Crippen LogP contribution in [0.1, 0.15) is 5.69 Å². The molecule has 1 aromatic carbocycles. The average Bonchev–Trinajstić information content (AvgIpc) is 2.62. The lowest BCUT2D eigenvalue weighted by molar-refractivity contribution is -0.767. The largest absolute Gasteiger partial charge is 0.487 e. The van der Waals surface area contributed by atoms with Gasteiger partial charge in [0, 0.05) is 6.92 Å². The van der Waals surface area contributed by atoms with Crippen LogP contribution < -0.4 is 15.0 Å². The number of nitrogens with one attached hydrogen (secondary N) is 1. The van der Waals surface area contributed by atoms with E-state index in [1.165, 1.54) is 0 Å². The van der Waals surface area contributed by atoms with Gasteiger partial charge in [-0.3, -0.25) is 4.52 Å². The molecule has 0 bridgehead atoms. The molecule has 0 amide bonds.